The summed E-state index contributed by atoms with van der Waals surface area (Å²) in [6.45, 7) is 0. The van der Waals surface area contributed by atoms with Crippen LogP contribution in [0, 0.1) is 0 Å². The van der Waals surface area contributed by atoms with E-state index in [0.29, 0.717) is 8.64 Å². The average molecular weight is 320 g/mol. The zero-order valence-corrected chi connectivity index (χ0v) is 15.7. The molecule has 0 fully saturated rings. The number of rotatable bonds is 9. The molecule has 95 valence electrons. The Morgan fingerprint density at radius 2 is 1.00 bits per heavy atom. The number of unbranched alkanes of at least 4 members (excludes halogenated alkanes) is 5. The van der Waals surface area contributed by atoms with Crippen LogP contribution in [0.25, 0.3) is 0 Å². The molecule has 0 aromatic carbocycles. The Morgan fingerprint density at radius 3 is 1.29 bits per heavy atom. The fourth-order valence-corrected chi connectivity index (χ4v) is 2.86. The van der Waals surface area contributed by atoms with Crippen LogP contribution in [-0.4, -0.2) is 49.7 Å². The summed E-state index contributed by atoms with van der Waals surface area (Å²) in [7, 11) is 0. The van der Waals surface area contributed by atoms with Crippen molar-refractivity contribution >= 4 is 86.2 Å². The molecule has 0 atom stereocenters. The third kappa shape index (κ3) is 20.0. The maximum atomic E-state index is 5.38. The first-order valence-electron chi connectivity index (χ1n) is 5.47. The molecule has 0 heterocycles. The van der Waals surface area contributed by atoms with Crippen LogP contribution in [0.3, 0.4) is 0 Å². The Balaban J connectivity index is 0. The quantitative estimate of drug-likeness (QED) is 0.387. The molecule has 0 unspecified atom stereocenters. The first kappa shape index (κ1) is 20.8. The van der Waals surface area contributed by atoms with Gasteiger partial charge in [0, 0.05) is 41.1 Å². The normalized spacial score (nSPS) is 9.65. The van der Waals surface area contributed by atoms with E-state index >= 15 is 0 Å². The molecule has 0 aliphatic rings. The van der Waals surface area contributed by atoms with E-state index in [0.717, 1.165) is 11.5 Å². The van der Waals surface area contributed by atoms with Crippen molar-refractivity contribution in [2.45, 2.75) is 38.5 Å². The van der Waals surface area contributed by atoms with Gasteiger partial charge in [-0.1, -0.05) is 73.6 Å². The van der Waals surface area contributed by atoms with Crippen molar-refractivity contribution in [2.75, 3.05) is 11.5 Å². The van der Waals surface area contributed by atoms with E-state index in [9.17, 15) is 0 Å². The molecule has 0 bridgehead atoms. The molecular weight excluding hydrogens is 299 g/mol. The van der Waals surface area contributed by atoms with Crippen LogP contribution in [0.4, 0.5) is 0 Å². The summed E-state index contributed by atoms with van der Waals surface area (Å²) in [6, 6.07) is 0. The van der Waals surface area contributed by atoms with Crippen LogP contribution < -0.4 is 11.5 Å². The molecule has 0 rings (SSSR count). The standard InChI is InChI=1S/C10H20N2S4.Na/c11-9(13)15-7-5-3-1-2-4-6-8-16-10(12)14;/h1-8H2,(H2,11,13)(H2,12,14);. The number of hydrogen-bond acceptors (Lipinski definition) is 4. The number of thiocarbonyl (C=S) groups is 2. The van der Waals surface area contributed by atoms with E-state index in [1.807, 2.05) is 0 Å². The second-order valence-corrected chi connectivity index (χ2v) is 7.13. The minimum Gasteiger partial charge on any atom is -0.385 e. The molecule has 1 radical (unpaired) electrons. The SMILES string of the molecule is NC(=S)SCCCCCCCCSC(N)=S.[Na]. The van der Waals surface area contributed by atoms with Crippen LogP contribution in [0.5, 0.6) is 0 Å². The second kappa shape index (κ2) is 15.5. The molecule has 0 aliphatic carbocycles. The summed E-state index contributed by atoms with van der Waals surface area (Å²) in [4.78, 5) is 0. The average Bonchev–Trinajstić information content (AvgIpc) is 2.20. The van der Waals surface area contributed by atoms with Gasteiger partial charge in [0.2, 0.25) is 0 Å². The van der Waals surface area contributed by atoms with Gasteiger partial charge in [0.15, 0.2) is 0 Å². The van der Waals surface area contributed by atoms with Gasteiger partial charge in [0.25, 0.3) is 0 Å². The molecule has 4 N–H and O–H groups in total. The second-order valence-electron chi connectivity index (χ2n) is 3.46. The summed E-state index contributed by atoms with van der Waals surface area (Å²) < 4.78 is 1.13. The zero-order chi connectivity index (χ0) is 12.2. The molecule has 7 heteroatoms. The van der Waals surface area contributed by atoms with Crippen LogP contribution in [0.1, 0.15) is 38.5 Å². The first-order chi connectivity index (χ1) is 7.63. The van der Waals surface area contributed by atoms with E-state index in [1.54, 1.807) is 23.5 Å². The fourth-order valence-electron chi connectivity index (χ4n) is 1.26. The van der Waals surface area contributed by atoms with Crippen LogP contribution >= 0.6 is 48.0 Å². The summed E-state index contributed by atoms with van der Waals surface area (Å²) >= 11 is 12.7. The zero-order valence-electron chi connectivity index (χ0n) is 10.4. The van der Waals surface area contributed by atoms with Crippen LogP contribution in [0.2, 0.25) is 0 Å². The minimum atomic E-state index is 0. The largest absolute Gasteiger partial charge is 0.385 e. The van der Waals surface area contributed by atoms with Gasteiger partial charge in [-0.3, -0.25) is 0 Å². The van der Waals surface area contributed by atoms with E-state index in [-0.39, 0.29) is 29.6 Å². The molecule has 0 saturated heterocycles. The van der Waals surface area contributed by atoms with E-state index in [2.05, 4.69) is 0 Å². The first-order valence-corrected chi connectivity index (χ1v) is 8.26. The monoisotopic (exact) mass is 319 g/mol. The van der Waals surface area contributed by atoms with Crippen molar-refractivity contribution in [3.63, 3.8) is 0 Å². The molecular formula is C10H20N2NaS4. The molecule has 2 nitrogen and oxygen atoms in total. The summed E-state index contributed by atoms with van der Waals surface area (Å²) in [5, 5.41) is 0. The summed E-state index contributed by atoms with van der Waals surface area (Å²) in [5.41, 5.74) is 10.8. The van der Waals surface area contributed by atoms with Gasteiger partial charge < -0.3 is 11.5 Å². The van der Waals surface area contributed by atoms with Crippen molar-refractivity contribution in [3.8, 4) is 0 Å². The predicted octanol–water partition coefficient (Wildman–Crippen LogP) is 2.90. The van der Waals surface area contributed by atoms with Crippen molar-refractivity contribution in [3.05, 3.63) is 0 Å². The predicted molar refractivity (Wildman–Crippen MR) is 91.9 cm³/mol. The Labute approximate surface area is 146 Å². The molecule has 0 saturated carbocycles. The smallest absolute Gasteiger partial charge is 0.131 e. The van der Waals surface area contributed by atoms with Gasteiger partial charge in [0.05, 0.1) is 0 Å². The molecule has 0 spiro atoms. The van der Waals surface area contributed by atoms with E-state index in [4.69, 9.17) is 35.9 Å². The number of nitrogens with two attached hydrogens (primary N) is 2. The molecule has 0 aromatic rings. The van der Waals surface area contributed by atoms with Gasteiger partial charge in [-0.15, -0.1) is 0 Å². The topological polar surface area (TPSA) is 52.0 Å². The van der Waals surface area contributed by atoms with Crippen molar-refractivity contribution in [1.82, 2.24) is 0 Å². The maximum Gasteiger partial charge on any atom is 0.131 e. The molecule has 0 aromatic heterocycles. The summed E-state index contributed by atoms with van der Waals surface area (Å²) in [5.74, 6) is 2.12. The van der Waals surface area contributed by atoms with Crippen LogP contribution in [-0.2, 0) is 0 Å². The maximum absolute atomic E-state index is 5.38. The number of thioether (sulfide) groups is 2. The Morgan fingerprint density at radius 1 is 0.706 bits per heavy atom. The third-order valence-corrected chi connectivity index (χ3v) is 4.29. The van der Waals surface area contributed by atoms with Crippen LogP contribution in [0.15, 0.2) is 0 Å². The van der Waals surface area contributed by atoms with Gasteiger partial charge in [-0.2, -0.15) is 0 Å². The van der Waals surface area contributed by atoms with Crippen molar-refractivity contribution < 1.29 is 0 Å². The minimum absolute atomic E-state index is 0. The molecule has 0 amide bonds. The van der Waals surface area contributed by atoms with E-state index < -0.39 is 0 Å². The Bertz CT molecular complexity index is 192. The van der Waals surface area contributed by atoms with Gasteiger partial charge in [0.1, 0.15) is 8.64 Å². The Hall–Kier alpha value is 1.48. The van der Waals surface area contributed by atoms with Crippen molar-refractivity contribution in [2.24, 2.45) is 11.5 Å². The van der Waals surface area contributed by atoms with Gasteiger partial charge in [-0.05, 0) is 12.8 Å². The number of hydrogen-bond donors (Lipinski definition) is 2. The summed E-state index contributed by atoms with van der Waals surface area (Å²) in [6.07, 6.45) is 7.58. The van der Waals surface area contributed by atoms with Gasteiger partial charge in [-0.25, -0.2) is 0 Å². The molecule has 0 aliphatic heterocycles. The fraction of sp³-hybridized carbons (Fsp3) is 0.800. The van der Waals surface area contributed by atoms with Crippen molar-refractivity contribution in [1.29, 1.82) is 0 Å². The van der Waals surface area contributed by atoms with E-state index in [1.165, 1.54) is 38.5 Å². The molecule has 17 heavy (non-hydrogen) atoms. The third-order valence-electron chi connectivity index (χ3n) is 2.03. The Kier molecular flexibility index (Phi) is 19.0. The van der Waals surface area contributed by atoms with Gasteiger partial charge >= 0.3 is 0 Å².